The number of esters is 1. The smallest absolute Gasteiger partial charge is 0.306 e. The predicted octanol–water partition coefficient (Wildman–Crippen LogP) is 13.0. The lowest BCUT2D eigenvalue weighted by molar-refractivity contribution is -0.332. The molecule has 0 aromatic rings. The molecule has 2 heterocycles. The second-order valence-electron chi connectivity index (χ2n) is 22.6. The SMILES string of the molecule is CC/C=C\C/C=C\C/C=C\C/C=C\C/C=C\C/C=C\CCCCCCCOCC(COC1OC(COC2OC(CO)C(O)C(O)C2O)C(O)C(O)C1O)OC(=O)CCCCCCCCCCCCCCCCCCCCCCCCC. The first-order chi connectivity index (χ1) is 39.6. The van der Waals surface area contributed by atoms with Crippen molar-refractivity contribution >= 4 is 5.97 Å². The van der Waals surface area contributed by atoms with Crippen LogP contribution in [0, 0.1) is 0 Å². The number of hydrogen-bond donors (Lipinski definition) is 7. The van der Waals surface area contributed by atoms with Gasteiger partial charge in [-0.3, -0.25) is 4.79 Å². The minimum Gasteiger partial charge on any atom is -0.457 e. The van der Waals surface area contributed by atoms with Crippen LogP contribution < -0.4 is 0 Å². The molecule has 2 saturated heterocycles. The largest absolute Gasteiger partial charge is 0.457 e. The highest BCUT2D eigenvalue weighted by Crippen LogP contribution is 2.27. The fourth-order valence-corrected chi connectivity index (χ4v) is 10.1. The number of carbonyl (C=O) groups is 1. The lowest BCUT2D eigenvalue weighted by Gasteiger charge is -2.42. The van der Waals surface area contributed by atoms with E-state index in [-0.39, 0.29) is 25.6 Å². The van der Waals surface area contributed by atoms with Crippen molar-refractivity contribution in [2.24, 2.45) is 0 Å². The maximum Gasteiger partial charge on any atom is 0.306 e. The number of hydrogen-bond acceptors (Lipinski definition) is 14. The minimum absolute atomic E-state index is 0.0471. The number of carbonyl (C=O) groups excluding carboxylic acids is 1. The average molecular weight is 1150 g/mol. The van der Waals surface area contributed by atoms with Crippen LogP contribution in [0.2, 0.25) is 0 Å². The van der Waals surface area contributed by atoms with Crippen molar-refractivity contribution in [3.63, 3.8) is 0 Å². The molecule has 14 heteroatoms. The molecule has 0 saturated carbocycles. The summed E-state index contributed by atoms with van der Waals surface area (Å²) in [6.45, 7) is 3.56. The zero-order chi connectivity index (χ0) is 58.6. The molecule has 0 aromatic heterocycles. The molecule has 0 spiro atoms. The summed E-state index contributed by atoms with van der Waals surface area (Å²) in [6.07, 6.45) is 52.5. The average Bonchev–Trinajstić information content (AvgIpc) is 3.46. The molecule has 470 valence electrons. The van der Waals surface area contributed by atoms with Crippen LogP contribution in [0.15, 0.2) is 72.9 Å². The quantitative estimate of drug-likeness (QED) is 0.0172. The van der Waals surface area contributed by atoms with E-state index in [9.17, 15) is 40.5 Å². The Morgan fingerprint density at radius 2 is 0.802 bits per heavy atom. The normalized spacial score (nSPS) is 24.2. The van der Waals surface area contributed by atoms with Gasteiger partial charge in [-0.2, -0.15) is 0 Å². The van der Waals surface area contributed by atoms with Crippen LogP contribution in [0.1, 0.15) is 245 Å². The second-order valence-corrected chi connectivity index (χ2v) is 22.6. The molecule has 0 amide bonds. The van der Waals surface area contributed by atoms with Crippen molar-refractivity contribution in [3.8, 4) is 0 Å². The predicted molar refractivity (Wildman–Crippen MR) is 325 cm³/mol. The molecular formula is C67H118O14. The third-order valence-corrected chi connectivity index (χ3v) is 15.2. The molecule has 11 unspecified atom stereocenters. The first-order valence-corrected chi connectivity index (χ1v) is 32.5. The van der Waals surface area contributed by atoms with Crippen molar-refractivity contribution in [3.05, 3.63) is 72.9 Å². The number of ether oxygens (including phenoxy) is 6. The summed E-state index contributed by atoms with van der Waals surface area (Å²) in [6, 6.07) is 0. The molecule has 2 fully saturated rings. The molecule has 0 bridgehead atoms. The van der Waals surface area contributed by atoms with Gasteiger partial charge in [-0.15, -0.1) is 0 Å². The fourth-order valence-electron chi connectivity index (χ4n) is 10.1. The van der Waals surface area contributed by atoms with Crippen molar-refractivity contribution in [1.82, 2.24) is 0 Å². The van der Waals surface area contributed by atoms with Crippen LogP contribution in [0.4, 0.5) is 0 Å². The van der Waals surface area contributed by atoms with Gasteiger partial charge in [0.15, 0.2) is 12.6 Å². The van der Waals surface area contributed by atoms with E-state index in [0.29, 0.717) is 13.0 Å². The lowest BCUT2D eigenvalue weighted by Crippen LogP contribution is -2.61. The summed E-state index contributed by atoms with van der Waals surface area (Å²) in [5, 5.41) is 72.5. The molecule has 0 aliphatic carbocycles. The van der Waals surface area contributed by atoms with Gasteiger partial charge >= 0.3 is 5.97 Å². The van der Waals surface area contributed by atoms with E-state index in [1.54, 1.807) is 0 Å². The summed E-state index contributed by atoms with van der Waals surface area (Å²) in [5.41, 5.74) is 0. The Kier molecular flexibility index (Phi) is 48.7. The molecule has 0 aromatic carbocycles. The Bertz CT molecular complexity index is 1610. The van der Waals surface area contributed by atoms with Gasteiger partial charge in [0.1, 0.15) is 54.9 Å². The number of unbranched alkanes of at least 4 members (excludes halogenated alkanes) is 27. The molecule has 81 heavy (non-hydrogen) atoms. The van der Waals surface area contributed by atoms with Crippen molar-refractivity contribution < 1.29 is 69.0 Å². The Morgan fingerprint density at radius 1 is 0.420 bits per heavy atom. The maximum absolute atomic E-state index is 13.1. The third kappa shape index (κ3) is 38.9. The second kappa shape index (κ2) is 52.9. The van der Waals surface area contributed by atoms with Gasteiger partial charge in [-0.1, -0.05) is 247 Å². The number of allylic oxidation sites excluding steroid dienone is 12. The van der Waals surface area contributed by atoms with Crippen molar-refractivity contribution in [2.45, 2.75) is 313 Å². The van der Waals surface area contributed by atoms with E-state index in [1.807, 2.05) is 0 Å². The van der Waals surface area contributed by atoms with E-state index in [2.05, 4.69) is 86.8 Å². The highest BCUT2D eigenvalue weighted by molar-refractivity contribution is 5.69. The van der Waals surface area contributed by atoms with Crippen LogP contribution in [-0.2, 0) is 33.2 Å². The van der Waals surface area contributed by atoms with Gasteiger partial charge in [0.2, 0.25) is 0 Å². The van der Waals surface area contributed by atoms with E-state index in [4.69, 9.17) is 28.4 Å². The number of aliphatic hydroxyl groups excluding tert-OH is 7. The monoisotopic (exact) mass is 1150 g/mol. The van der Waals surface area contributed by atoms with Crippen LogP contribution in [0.5, 0.6) is 0 Å². The molecule has 2 aliphatic heterocycles. The molecule has 11 atom stereocenters. The Balaban J connectivity index is 1.68. The van der Waals surface area contributed by atoms with Crippen LogP contribution in [-0.4, -0.2) is 142 Å². The third-order valence-electron chi connectivity index (χ3n) is 15.2. The summed E-state index contributed by atoms with van der Waals surface area (Å²) in [4.78, 5) is 13.1. The first kappa shape index (κ1) is 74.5. The van der Waals surface area contributed by atoms with Crippen molar-refractivity contribution in [2.75, 3.05) is 33.0 Å². The zero-order valence-corrected chi connectivity index (χ0v) is 50.8. The summed E-state index contributed by atoms with van der Waals surface area (Å²) in [5.74, 6) is -0.381. The fraction of sp³-hybridized carbons (Fsp3) is 0.806. The number of aliphatic hydroxyl groups is 7. The molecular weight excluding hydrogens is 1030 g/mol. The summed E-state index contributed by atoms with van der Waals surface area (Å²) >= 11 is 0. The highest BCUT2D eigenvalue weighted by Gasteiger charge is 2.47. The molecule has 2 rings (SSSR count). The van der Waals surface area contributed by atoms with Gasteiger partial charge in [0, 0.05) is 13.0 Å². The van der Waals surface area contributed by atoms with Gasteiger partial charge in [0.25, 0.3) is 0 Å². The van der Waals surface area contributed by atoms with Crippen molar-refractivity contribution in [1.29, 1.82) is 0 Å². The Hall–Kier alpha value is -2.57. The van der Waals surface area contributed by atoms with Crippen LogP contribution in [0.25, 0.3) is 0 Å². The van der Waals surface area contributed by atoms with E-state index in [0.717, 1.165) is 96.3 Å². The first-order valence-electron chi connectivity index (χ1n) is 32.5. The summed E-state index contributed by atoms with van der Waals surface area (Å²) < 4.78 is 34.5. The van der Waals surface area contributed by atoms with Crippen LogP contribution in [0.3, 0.4) is 0 Å². The van der Waals surface area contributed by atoms with E-state index in [1.165, 1.54) is 122 Å². The maximum atomic E-state index is 13.1. The molecule has 7 N–H and O–H groups in total. The van der Waals surface area contributed by atoms with Crippen LogP contribution >= 0.6 is 0 Å². The van der Waals surface area contributed by atoms with Gasteiger partial charge < -0.3 is 64.2 Å². The standard InChI is InChI=1S/C67H118O14/c1-3-5-7-9-11-13-15-17-19-21-23-25-27-29-31-33-35-37-39-41-43-45-47-49-51-76-53-56(54-77-66-65(75)63(73)61(71)58(81-66)55-78-67-64(74)62(72)60(70)57(52-68)80-67)79-59(69)50-48-46-44-42-40-38-36-34-32-30-28-26-24-22-20-18-16-14-12-10-8-6-4-2/h5,7,11,13,17,19,23,25,29,31,35,37,56-58,60-68,70-75H,3-4,6,8-10,12,14-16,18,20-22,24,26-28,30,32-34,36,38-55H2,1-2H3/b7-5-,13-11-,19-17-,25-23-,31-29-,37-35-. The highest BCUT2D eigenvalue weighted by atomic mass is 16.7. The Labute approximate surface area is 491 Å². The minimum atomic E-state index is -1.71. The van der Waals surface area contributed by atoms with Gasteiger partial charge in [0.05, 0.1) is 26.4 Å². The zero-order valence-electron chi connectivity index (χ0n) is 50.8. The number of rotatable bonds is 53. The van der Waals surface area contributed by atoms with Gasteiger partial charge in [-0.25, -0.2) is 0 Å². The molecule has 0 radical (unpaired) electrons. The molecule has 14 nitrogen and oxygen atoms in total. The van der Waals surface area contributed by atoms with Gasteiger partial charge in [-0.05, 0) is 64.2 Å². The van der Waals surface area contributed by atoms with E-state index < -0.39 is 80.7 Å². The Morgan fingerprint density at radius 3 is 1.26 bits per heavy atom. The van der Waals surface area contributed by atoms with E-state index >= 15 is 0 Å². The topological polar surface area (TPSA) is 214 Å². The molecule has 2 aliphatic rings. The summed E-state index contributed by atoms with van der Waals surface area (Å²) in [7, 11) is 0. The lowest BCUT2D eigenvalue weighted by atomic mass is 9.98.